The van der Waals surface area contributed by atoms with Crippen molar-refractivity contribution in [2.75, 3.05) is 5.32 Å². The normalized spacial score (nSPS) is 11.2. The van der Waals surface area contributed by atoms with Crippen LogP contribution in [0.25, 0.3) is 5.65 Å². The zero-order valence-corrected chi connectivity index (χ0v) is 19.0. The molecular formula is C22H20ClN8S+. The Balaban J connectivity index is 1.37. The Morgan fingerprint density at radius 1 is 1.06 bits per heavy atom. The summed E-state index contributed by atoms with van der Waals surface area (Å²) in [6, 6.07) is 14.0. The van der Waals surface area contributed by atoms with Crippen molar-refractivity contribution >= 4 is 52.2 Å². The molecule has 0 amide bonds. The Bertz CT molecular complexity index is 1410. The molecule has 8 nitrogen and oxygen atoms in total. The van der Waals surface area contributed by atoms with Crippen LogP contribution in [0.3, 0.4) is 0 Å². The van der Waals surface area contributed by atoms with Gasteiger partial charge in [-0.1, -0.05) is 40.6 Å². The quantitative estimate of drug-likeness (QED) is 0.366. The predicted molar refractivity (Wildman–Crippen MR) is 125 cm³/mol. The Kier molecular flexibility index (Phi) is 5.52. The summed E-state index contributed by atoms with van der Waals surface area (Å²) in [6.45, 7) is 2.05. The van der Waals surface area contributed by atoms with E-state index in [2.05, 4.69) is 44.4 Å². The van der Waals surface area contributed by atoms with Gasteiger partial charge in [0.15, 0.2) is 11.0 Å². The lowest BCUT2D eigenvalue weighted by Crippen LogP contribution is -2.71. The summed E-state index contributed by atoms with van der Waals surface area (Å²) < 4.78 is 3.67. The van der Waals surface area contributed by atoms with E-state index in [1.165, 1.54) is 17.3 Å². The zero-order chi connectivity index (χ0) is 22.1. The molecule has 0 aliphatic rings. The maximum absolute atomic E-state index is 6.53. The van der Waals surface area contributed by atoms with Gasteiger partial charge in [-0.05, 0) is 30.7 Å². The van der Waals surface area contributed by atoms with Crippen LogP contribution in [0, 0.1) is 6.92 Å². The maximum atomic E-state index is 6.53. The van der Waals surface area contributed by atoms with Gasteiger partial charge in [-0.3, -0.25) is 0 Å². The molecule has 3 heterocycles. The fraction of sp³-hybridized carbons (Fsp3) is 0.0909. The van der Waals surface area contributed by atoms with Crippen molar-refractivity contribution in [1.29, 1.82) is 0 Å². The second-order valence-electron chi connectivity index (χ2n) is 7.27. The van der Waals surface area contributed by atoms with E-state index in [4.69, 9.17) is 11.6 Å². The van der Waals surface area contributed by atoms with Gasteiger partial charge in [0.1, 0.15) is 5.69 Å². The van der Waals surface area contributed by atoms with E-state index in [-0.39, 0.29) is 0 Å². The maximum Gasteiger partial charge on any atom is 0.350 e. The number of quaternary nitrogens is 1. The molecule has 32 heavy (non-hydrogen) atoms. The number of nitrogens with two attached hydrogens (primary N) is 1. The minimum absolute atomic E-state index is 0.575. The number of fused-ring (bicyclic) bond motifs is 1. The van der Waals surface area contributed by atoms with Crippen molar-refractivity contribution in [2.45, 2.75) is 17.0 Å². The molecule has 2 aromatic carbocycles. The molecule has 10 heteroatoms. The standard InChI is InChI=1S/C22H19ClN8S/c1-14-4-3-5-15(12-14)26-19-20-28-21(29-31(20)11-9-24-19)27-16-6-7-18(17(23)13-16)32-22-25-8-10-30(22)2/h3-13H,1-2H3,(H,24,26)(H,27,29)/p+1. The van der Waals surface area contributed by atoms with Crippen LogP contribution in [0.1, 0.15) is 5.56 Å². The van der Waals surface area contributed by atoms with Crippen LogP contribution in [0.15, 0.2) is 77.3 Å². The van der Waals surface area contributed by atoms with Crippen LogP contribution in [-0.2, 0) is 7.05 Å². The van der Waals surface area contributed by atoms with E-state index in [0.717, 1.165) is 21.4 Å². The number of hydrogen-bond acceptors (Lipinski definition) is 6. The van der Waals surface area contributed by atoms with Gasteiger partial charge in [-0.15, -0.1) is 0 Å². The Morgan fingerprint density at radius 2 is 1.94 bits per heavy atom. The summed E-state index contributed by atoms with van der Waals surface area (Å²) in [4.78, 5) is 14.4. The minimum Gasteiger partial charge on any atom is -0.337 e. The minimum atomic E-state index is 0.575. The van der Waals surface area contributed by atoms with Crippen LogP contribution in [0.4, 0.5) is 23.1 Å². The van der Waals surface area contributed by atoms with Crippen molar-refractivity contribution in [1.82, 2.24) is 29.1 Å². The molecule has 3 aromatic heterocycles. The van der Waals surface area contributed by atoms with Crippen LogP contribution in [0.2, 0.25) is 5.02 Å². The van der Waals surface area contributed by atoms with E-state index in [0.29, 0.717) is 22.4 Å². The van der Waals surface area contributed by atoms with E-state index in [1.807, 2.05) is 53.5 Å². The van der Waals surface area contributed by atoms with Crippen LogP contribution in [0.5, 0.6) is 0 Å². The van der Waals surface area contributed by atoms with Gasteiger partial charge in [0.2, 0.25) is 5.65 Å². The van der Waals surface area contributed by atoms with E-state index in [9.17, 15) is 0 Å². The first-order valence-corrected chi connectivity index (χ1v) is 11.1. The van der Waals surface area contributed by atoms with Gasteiger partial charge >= 0.3 is 5.95 Å². The third-order valence-electron chi connectivity index (χ3n) is 4.78. The van der Waals surface area contributed by atoms with Gasteiger partial charge in [0.25, 0.3) is 0 Å². The number of anilines is 2. The molecule has 0 saturated heterocycles. The Morgan fingerprint density at radius 3 is 2.72 bits per heavy atom. The van der Waals surface area contributed by atoms with Crippen molar-refractivity contribution in [3.63, 3.8) is 0 Å². The average molecular weight is 464 g/mol. The first kappa shape index (κ1) is 20.5. The molecular weight excluding hydrogens is 444 g/mol. The number of hydrogen-bond donors (Lipinski definition) is 2. The highest BCUT2D eigenvalue weighted by Crippen LogP contribution is 2.33. The lowest BCUT2D eigenvalue weighted by molar-refractivity contribution is -0.487. The van der Waals surface area contributed by atoms with Crippen LogP contribution < -0.4 is 10.6 Å². The van der Waals surface area contributed by atoms with E-state index >= 15 is 0 Å². The van der Waals surface area contributed by atoms with Gasteiger partial charge in [-0.25, -0.2) is 19.8 Å². The summed E-state index contributed by atoms with van der Waals surface area (Å²) in [7, 11) is 1.96. The SMILES string of the molecule is Cc1cccc(Nc2nccn3nc([NH2+]c4ccc(Sc5nccn5C)c(Cl)c4)nc23)c1. The van der Waals surface area contributed by atoms with E-state index in [1.54, 1.807) is 23.1 Å². The molecule has 0 spiro atoms. The number of aryl methyl sites for hydroxylation is 2. The molecule has 160 valence electrons. The number of benzene rings is 2. The molecule has 0 aliphatic carbocycles. The highest BCUT2D eigenvalue weighted by atomic mass is 35.5. The predicted octanol–water partition coefficient (Wildman–Crippen LogP) is 4.24. The second kappa shape index (κ2) is 8.62. The Labute approximate surface area is 193 Å². The number of nitrogens with one attached hydrogen (secondary N) is 1. The van der Waals surface area contributed by atoms with E-state index < -0.39 is 0 Å². The van der Waals surface area contributed by atoms with Crippen LogP contribution in [-0.4, -0.2) is 29.1 Å². The fourth-order valence-electron chi connectivity index (χ4n) is 3.23. The third-order valence-corrected chi connectivity index (χ3v) is 6.36. The first-order valence-electron chi connectivity index (χ1n) is 9.90. The second-order valence-corrected chi connectivity index (χ2v) is 8.68. The lowest BCUT2D eigenvalue weighted by atomic mass is 10.2. The fourth-order valence-corrected chi connectivity index (χ4v) is 4.34. The summed E-state index contributed by atoms with van der Waals surface area (Å²) in [6.07, 6.45) is 7.15. The largest absolute Gasteiger partial charge is 0.350 e. The molecule has 0 saturated carbocycles. The third kappa shape index (κ3) is 4.31. The highest BCUT2D eigenvalue weighted by molar-refractivity contribution is 7.99. The van der Waals surface area contributed by atoms with Gasteiger partial charge in [-0.2, -0.15) is 4.98 Å². The van der Waals surface area contributed by atoms with Crippen molar-refractivity contribution in [2.24, 2.45) is 7.05 Å². The number of halogens is 1. The zero-order valence-electron chi connectivity index (χ0n) is 17.4. The molecule has 3 N–H and O–H groups in total. The molecule has 0 bridgehead atoms. The molecule has 0 fully saturated rings. The summed E-state index contributed by atoms with van der Waals surface area (Å²) in [5, 5.41) is 11.3. The molecule has 0 aliphatic heterocycles. The van der Waals surface area contributed by atoms with Gasteiger partial charge < -0.3 is 9.88 Å². The monoisotopic (exact) mass is 463 g/mol. The summed E-state index contributed by atoms with van der Waals surface area (Å²) in [5.74, 6) is 1.22. The molecule has 0 unspecified atom stereocenters. The Hall–Kier alpha value is -3.40. The number of nitrogens with zero attached hydrogens (tertiary/aromatic N) is 6. The van der Waals surface area contributed by atoms with Crippen LogP contribution >= 0.6 is 23.4 Å². The topological polar surface area (TPSA) is 89.5 Å². The summed E-state index contributed by atoms with van der Waals surface area (Å²) >= 11 is 8.05. The highest BCUT2D eigenvalue weighted by Gasteiger charge is 2.15. The number of aromatic nitrogens is 6. The van der Waals surface area contributed by atoms with Crippen molar-refractivity contribution < 1.29 is 5.32 Å². The molecule has 0 radical (unpaired) electrons. The average Bonchev–Trinajstić information content (AvgIpc) is 3.36. The van der Waals surface area contributed by atoms with Crippen molar-refractivity contribution in [3.05, 3.63) is 77.8 Å². The van der Waals surface area contributed by atoms with Crippen molar-refractivity contribution in [3.8, 4) is 0 Å². The smallest absolute Gasteiger partial charge is 0.337 e. The number of imidazole rings is 1. The van der Waals surface area contributed by atoms with Gasteiger partial charge in [0, 0.05) is 54.6 Å². The summed E-state index contributed by atoms with van der Waals surface area (Å²) in [5.41, 5.74) is 3.68. The molecule has 5 aromatic rings. The van der Waals surface area contributed by atoms with Gasteiger partial charge in [0.05, 0.1) is 5.02 Å². The number of rotatable bonds is 6. The molecule has 0 atom stereocenters. The first-order chi connectivity index (χ1) is 15.5. The lowest BCUT2D eigenvalue weighted by Gasteiger charge is -2.06. The molecule has 5 rings (SSSR count).